The predicted molar refractivity (Wildman–Crippen MR) is 201 cm³/mol. The highest BCUT2D eigenvalue weighted by molar-refractivity contribution is 5.91. The van der Waals surface area contributed by atoms with Crippen molar-refractivity contribution in [2.75, 3.05) is 0 Å². The second-order valence-corrected chi connectivity index (χ2v) is 12.7. The van der Waals surface area contributed by atoms with E-state index >= 15 is 0 Å². The van der Waals surface area contributed by atoms with Gasteiger partial charge in [0.25, 0.3) is 0 Å². The molecule has 0 nitrogen and oxygen atoms in total. The molecule has 0 atom stereocenters. The van der Waals surface area contributed by atoms with Crippen molar-refractivity contribution in [3.63, 3.8) is 0 Å². The molecule has 0 N–H and O–H groups in total. The smallest absolute Gasteiger partial charge is 0.00135 e. The standard InChI is InChI=1S/C13H10.2C12H10.C10H8/c1-3-7-12-10(5-1)9-11-6-2-4-8-13(11)12;2*1-3-9-4-2-6-11-8-7-10(5-1)12(9)11;1-2-6-10-8-4-3-7-9(10)5-1/h1-8H,9H2;2*1-6H,7-8H2;1-8H. The summed E-state index contributed by atoms with van der Waals surface area (Å²) in [4.78, 5) is 0. The van der Waals surface area contributed by atoms with Crippen LogP contribution in [0.5, 0.6) is 0 Å². The van der Waals surface area contributed by atoms with Crippen LogP contribution < -0.4 is 0 Å². The average molecular weight is 603 g/mol. The number of aryl methyl sites for hydroxylation is 4. The second kappa shape index (κ2) is 13.1. The molecule has 0 heteroatoms. The number of hydrogen-bond donors (Lipinski definition) is 0. The Labute approximate surface area is 278 Å². The van der Waals surface area contributed by atoms with Crippen molar-refractivity contribution in [2.24, 2.45) is 0 Å². The van der Waals surface area contributed by atoms with Gasteiger partial charge in [0.05, 0.1) is 0 Å². The van der Waals surface area contributed by atoms with Gasteiger partial charge in [-0.15, -0.1) is 0 Å². The van der Waals surface area contributed by atoms with Crippen molar-refractivity contribution in [1.82, 2.24) is 0 Å². The van der Waals surface area contributed by atoms with E-state index in [2.05, 4.69) is 170 Å². The van der Waals surface area contributed by atoms with E-state index in [1.807, 2.05) is 0 Å². The summed E-state index contributed by atoms with van der Waals surface area (Å²) in [6, 6.07) is 60.5. The molecule has 0 unspecified atom stereocenters. The van der Waals surface area contributed by atoms with Gasteiger partial charge in [-0.25, -0.2) is 0 Å². The summed E-state index contributed by atoms with van der Waals surface area (Å²) in [6.45, 7) is 0. The Morgan fingerprint density at radius 3 is 0.872 bits per heavy atom. The summed E-state index contributed by atoms with van der Waals surface area (Å²) in [5.41, 5.74) is 11.9. The van der Waals surface area contributed by atoms with E-state index in [0.717, 1.165) is 6.42 Å². The fourth-order valence-electron chi connectivity index (χ4n) is 7.59. The third kappa shape index (κ3) is 5.96. The zero-order chi connectivity index (χ0) is 31.4. The molecule has 3 aliphatic rings. The molecule has 0 bridgehead atoms. The molecular formula is C47H38. The lowest BCUT2D eigenvalue weighted by Gasteiger charge is -1.99. The maximum absolute atomic E-state index is 2.25. The van der Waals surface area contributed by atoms with E-state index in [4.69, 9.17) is 0 Å². The zero-order valence-electron chi connectivity index (χ0n) is 26.7. The van der Waals surface area contributed by atoms with Crippen molar-refractivity contribution in [3.8, 4) is 11.1 Å². The topological polar surface area (TPSA) is 0 Å². The lowest BCUT2D eigenvalue weighted by atomic mass is 10.1. The summed E-state index contributed by atoms with van der Waals surface area (Å²) >= 11 is 0. The Morgan fingerprint density at radius 2 is 0.511 bits per heavy atom. The summed E-state index contributed by atoms with van der Waals surface area (Å²) in [6.07, 6.45) is 6.03. The lowest BCUT2D eigenvalue weighted by Crippen LogP contribution is -1.77. The van der Waals surface area contributed by atoms with Gasteiger partial charge in [-0.3, -0.25) is 0 Å². The number of benzene rings is 8. The van der Waals surface area contributed by atoms with Gasteiger partial charge in [-0.05, 0) is 109 Å². The quantitative estimate of drug-likeness (QED) is 0.162. The van der Waals surface area contributed by atoms with Crippen LogP contribution in [0.4, 0.5) is 0 Å². The Bertz CT molecular complexity index is 2070. The van der Waals surface area contributed by atoms with Gasteiger partial charge in [0, 0.05) is 0 Å². The van der Waals surface area contributed by atoms with E-state index in [1.165, 1.54) is 103 Å². The van der Waals surface area contributed by atoms with Crippen LogP contribution in [0.1, 0.15) is 33.4 Å². The largest absolute Gasteiger partial charge is 0.0619 e. The zero-order valence-corrected chi connectivity index (χ0v) is 26.7. The van der Waals surface area contributed by atoms with Gasteiger partial charge in [-0.1, -0.05) is 170 Å². The number of rotatable bonds is 0. The van der Waals surface area contributed by atoms with Crippen LogP contribution in [0, 0.1) is 0 Å². The Hall–Kier alpha value is -5.46. The minimum atomic E-state index is 1.10. The molecule has 0 radical (unpaired) electrons. The maximum atomic E-state index is 2.25. The van der Waals surface area contributed by atoms with Crippen LogP contribution in [0.3, 0.4) is 0 Å². The van der Waals surface area contributed by atoms with E-state index in [9.17, 15) is 0 Å². The molecule has 0 aromatic heterocycles. The molecule has 8 aromatic rings. The molecule has 3 aliphatic carbocycles. The molecule has 0 saturated carbocycles. The van der Waals surface area contributed by atoms with E-state index < -0.39 is 0 Å². The number of hydrogen-bond acceptors (Lipinski definition) is 0. The van der Waals surface area contributed by atoms with Crippen LogP contribution in [0.15, 0.2) is 170 Å². The molecule has 0 heterocycles. The summed E-state index contributed by atoms with van der Waals surface area (Å²) in [5, 5.41) is 8.46. The van der Waals surface area contributed by atoms with Crippen LogP contribution in [-0.4, -0.2) is 0 Å². The lowest BCUT2D eigenvalue weighted by molar-refractivity contribution is 1.02. The maximum Gasteiger partial charge on any atom is -0.00135 e. The molecule has 11 rings (SSSR count). The first-order valence-corrected chi connectivity index (χ1v) is 16.9. The van der Waals surface area contributed by atoms with E-state index in [-0.39, 0.29) is 0 Å². The first-order valence-electron chi connectivity index (χ1n) is 16.9. The SMILES string of the molecule is c1cc2c3c(cccc3c1)CC2.c1cc2c3c(cccc3c1)CC2.c1ccc2c(c1)Cc1ccccc1-2.c1ccc2ccccc2c1. The van der Waals surface area contributed by atoms with Crippen molar-refractivity contribution < 1.29 is 0 Å². The fraction of sp³-hybridized carbons (Fsp3) is 0.106. The first-order chi connectivity index (χ1) is 23.3. The van der Waals surface area contributed by atoms with Gasteiger partial charge in [0.1, 0.15) is 0 Å². The number of fused-ring (bicyclic) bond motifs is 4. The van der Waals surface area contributed by atoms with Crippen molar-refractivity contribution in [1.29, 1.82) is 0 Å². The van der Waals surface area contributed by atoms with Gasteiger partial charge >= 0.3 is 0 Å². The highest BCUT2D eigenvalue weighted by atomic mass is 14.2. The van der Waals surface area contributed by atoms with Gasteiger partial charge in [-0.2, -0.15) is 0 Å². The summed E-state index contributed by atoms with van der Waals surface area (Å²) < 4.78 is 0. The molecule has 0 spiro atoms. The Morgan fingerprint density at radius 1 is 0.234 bits per heavy atom. The molecule has 0 amide bonds. The second-order valence-electron chi connectivity index (χ2n) is 12.7. The molecule has 0 aliphatic heterocycles. The normalized spacial score (nSPS) is 12.7. The fourth-order valence-corrected chi connectivity index (χ4v) is 7.59. The molecule has 226 valence electrons. The highest BCUT2D eigenvalue weighted by Crippen LogP contribution is 2.36. The van der Waals surface area contributed by atoms with Crippen LogP contribution in [0.2, 0.25) is 0 Å². The predicted octanol–water partition coefficient (Wildman–Crippen LogP) is 12.0. The van der Waals surface area contributed by atoms with Gasteiger partial charge < -0.3 is 0 Å². The molecule has 0 fully saturated rings. The molecule has 8 aromatic carbocycles. The summed E-state index contributed by atoms with van der Waals surface area (Å²) in [5.74, 6) is 0. The van der Waals surface area contributed by atoms with Crippen molar-refractivity contribution in [3.05, 3.63) is 203 Å². The van der Waals surface area contributed by atoms with Crippen LogP contribution >= 0.6 is 0 Å². The van der Waals surface area contributed by atoms with Crippen LogP contribution in [-0.2, 0) is 32.1 Å². The Kier molecular flexibility index (Phi) is 8.08. The monoisotopic (exact) mass is 602 g/mol. The minimum absolute atomic E-state index is 1.10. The average Bonchev–Trinajstić information content (AvgIpc) is 3.87. The molecule has 47 heavy (non-hydrogen) atoms. The first kappa shape index (κ1) is 29.0. The Balaban J connectivity index is 0.0000000923. The van der Waals surface area contributed by atoms with Gasteiger partial charge in [0.15, 0.2) is 0 Å². The third-order valence-corrected chi connectivity index (χ3v) is 9.85. The van der Waals surface area contributed by atoms with E-state index in [0.29, 0.717) is 0 Å². The summed E-state index contributed by atoms with van der Waals surface area (Å²) in [7, 11) is 0. The van der Waals surface area contributed by atoms with E-state index in [1.54, 1.807) is 0 Å². The molecular weight excluding hydrogens is 565 g/mol. The highest BCUT2D eigenvalue weighted by Gasteiger charge is 2.16. The minimum Gasteiger partial charge on any atom is -0.0619 e. The van der Waals surface area contributed by atoms with Crippen molar-refractivity contribution in [2.45, 2.75) is 32.1 Å². The third-order valence-electron chi connectivity index (χ3n) is 9.85. The van der Waals surface area contributed by atoms with Gasteiger partial charge in [0.2, 0.25) is 0 Å². The molecule has 0 saturated heterocycles. The van der Waals surface area contributed by atoms with Crippen LogP contribution in [0.25, 0.3) is 43.4 Å². The van der Waals surface area contributed by atoms with Crippen molar-refractivity contribution >= 4 is 32.3 Å².